The third-order valence-corrected chi connectivity index (χ3v) is 4.37. The molecule has 1 aromatic carbocycles. The molecule has 1 heterocycles. The van der Waals surface area contributed by atoms with Crippen LogP contribution < -0.4 is 4.74 Å². The fourth-order valence-corrected chi connectivity index (χ4v) is 3.20. The molecule has 4 heteroatoms. The SMILES string of the molecule is OCc1csc(CCOc2ccc3c(c2)CCC3)n1. The Balaban J connectivity index is 1.54. The number of aryl methyl sites for hydroxylation is 2. The van der Waals surface area contributed by atoms with Crippen LogP contribution in [0.4, 0.5) is 0 Å². The molecule has 0 unspecified atom stereocenters. The fourth-order valence-electron chi connectivity index (χ4n) is 2.43. The molecule has 0 amide bonds. The van der Waals surface area contributed by atoms with Gasteiger partial charge >= 0.3 is 0 Å². The van der Waals surface area contributed by atoms with Crippen molar-refractivity contribution in [1.29, 1.82) is 0 Å². The average Bonchev–Trinajstić information content (AvgIpc) is 3.06. The largest absolute Gasteiger partial charge is 0.493 e. The van der Waals surface area contributed by atoms with Gasteiger partial charge in [-0.3, -0.25) is 0 Å². The zero-order chi connectivity index (χ0) is 13.1. The second kappa shape index (κ2) is 5.72. The van der Waals surface area contributed by atoms with Gasteiger partial charge in [-0.25, -0.2) is 4.98 Å². The lowest BCUT2D eigenvalue weighted by atomic mass is 10.1. The summed E-state index contributed by atoms with van der Waals surface area (Å²) in [5.74, 6) is 0.958. The van der Waals surface area contributed by atoms with Crippen LogP contribution in [0.1, 0.15) is 28.2 Å². The molecule has 0 spiro atoms. The van der Waals surface area contributed by atoms with Crippen LogP contribution in [0.2, 0.25) is 0 Å². The van der Waals surface area contributed by atoms with Crippen LogP contribution in [0.5, 0.6) is 5.75 Å². The van der Waals surface area contributed by atoms with E-state index in [0.29, 0.717) is 6.61 Å². The summed E-state index contributed by atoms with van der Waals surface area (Å²) in [6.07, 6.45) is 4.45. The van der Waals surface area contributed by atoms with Crippen LogP contribution in [0.25, 0.3) is 0 Å². The van der Waals surface area contributed by atoms with E-state index < -0.39 is 0 Å². The highest BCUT2D eigenvalue weighted by Crippen LogP contribution is 2.26. The summed E-state index contributed by atoms with van der Waals surface area (Å²) in [5.41, 5.74) is 3.66. The molecule has 1 aliphatic carbocycles. The second-order valence-corrected chi connectivity index (χ2v) is 5.72. The lowest BCUT2D eigenvalue weighted by molar-refractivity contribution is 0.277. The molecule has 1 aliphatic rings. The normalized spacial score (nSPS) is 13.5. The Bertz CT molecular complexity index is 565. The molecule has 2 aromatic rings. The zero-order valence-corrected chi connectivity index (χ0v) is 11.6. The molecule has 0 saturated carbocycles. The summed E-state index contributed by atoms with van der Waals surface area (Å²) >= 11 is 1.58. The van der Waals surface area contributed by atoms with Crippen molar-refractivity contribution in [3.05, 3.63) is 45.4 Å². The number of nitrogens with zero attached hydrogens (tertiary/aromatic N) is 1. The van der Waals surface area contributed by atoms with E-state index in [1.54, 1.807) is 11.3 Å². The van der Waals surface area contributed by atoms with Gasteiger partial charge in [0.15, 0.2) is 0 Å². The molecule has 0 aliphatic heterocycles. The minimum Gasteiger partial charge on any atom is -0.493 e. The smallest absolute Gasteiger partial charge is 0.119 e. The molecular weight excluding hydrogens is 258 g/mol. The van der Waals surface area contributed by atoms with Crippen molar-refractivity contribution in [2.75, 3.05) is 6.61 Å². The van der Waals surface area contributed by atoms with Crippen LogP contribution >= 0.6 is 11.3 Å². The van der Waals surface area contributed by atoms with E-state index in [9.17, 15) is 0 Å². The first kappa shape index (κ1) is 12.6. The highest BCUT2D eigenvalue weighted by molar-refractivity contribution is 7.09. The van der Waals surface area contributed by atoms with Gasteiger partial charge in [-0.2, -0.15) is 0 Å². The monoisotopic (exact) mass is 275 g/mol. The van der Waals surface area contributed by atoms with E-state index in [0.717, 1.165) is 22.9 Å². The molecular formula is C15H17NO2S. The van der Waals surface area contributed by atoms with Crippen molar-refractivity contribution < 1.29 is 9.84 Å². The van der Waals surface area contributed by atoms with Crippen LogP contribution in [0, 0.1) is 0 Å². The Kier molecular flexibility index (Phi) is 3.80. The van der Waals surface area contributed by atoms with Crippen molar-refractivity contribution in [2.24, 2.45) is 0 Å². The minimum absolute atomic E-state index is 0.0161. The number of aromatic nitrogens is 1. The van der Waals surface area contributed by atoms with Crippen molar-refractivity contribution in [2.45, 2.75) is 32.3 Å². The van der Waals surface area contributed by atoms with E-state index in [-0.39, 0.29) is 6.61 Å². The summed E-state index contributed by atoms with van der Waals surface area (Å²) in [6.45, 7) is 0.652. The maximum atomic E-state index is 8.96. The van der Waals surface area contributed by atoms with Crippen molar-refractivity contribution in [3.63, 3.8) is 0 Å². The number of aliphatic hydroxyl groups is 1. The van der Waals surface area contributed by atoms with Crippen molar-refractivity contribution >= 4 is 11.3 Å². The van der Waals surface area contributed by atoms with Crippen molar-refractivity contribution in [1.82, 2.24) is 4.98 Å². The van der Waals surface area contributed by atoms with Crippen LogP contribution in [0.15, 0.2) is 23.6 Å². The molecule has 3 rings (SSSR count). The van der Waals surface area contributed by atoms with Crippen LogP contribution in [-0.2, 0) is 25.9 Å². The lowest BCUT2D eigenvalue weighted by Crippen LogP contribution is -2.01. The minimum atomic E-state index is 0.0161. The molecule has 0 bridgehead atoms. The summed E-state index contributed by atoms with van der Waals surface area (Å²) in [4.78, 5) is 4.31. The van der Waals surface area contributed by atoms with E-state index in [4.69, 9.17) is 9.84 Å². The van der Waals surface area contributed by atoms with Gasteiger partial charge in [-0.15, -0.1) is 11.3 Å². The maximum Gasteiger partial charge on any atom is 0.119 e. The predicted molar refractivity (Wildman–Crippen MR) is 75.7 cm³/mol. The molecule has 0 atom stereocenters. The Morgan fingerprint density at radius 2 is 2.16 bits per heavy atom. The fraction of sp³-hybridized carbons (Fsp3) is 0.400. The summed E-state index contributed by atoms with van der Waals surface area (Å²) in [6, 6.07) is 6.42. The Hall–Kier alpha value is -1.39. The van der Waals surface area contributed by atoms with Gasteiger partial charge in [-0.05, 0) is 42.5 Å². The molecule has 100 valence electrons. The highest BCUT2D eigenvalue weighted by Gasteiger charge is 2.11. The van der Waals surface area contributed by atoms with Crippen LogP contribution in [-0.4, -0.2) is 16.7 Å². The van der Waals surface area contributed by atoms with Gasteiger partial charge < -0.3 is 9.84 Å². The first-order valence-electron chi connectivity index (χ1n) is 6.64. The zero-order valence-electron chi connectivity index (χ0n) is 10.8. The third-order valence-electron chi connectivity index (χ3n) is 3.42. The maximum absolute atomic E-state index is 8.96. The number of rotatable bonds is 5. The van der Waals surface area contributed by atoms with E-state index in [2.05, 4.69) is 23.2 Å². The van der Waals surface area contributed by atoms with Crippen molar-refractivity contribution in [3.8, 4) is 5.75 Å². The Morgan fingerprint density at radius 3 is 3.00 bits per heavy atom. The number of hydrogen-bond acceptors (Lipinski definition) is 4. The topological polar surface area (TPSA) is 42.4 Å². The van der Waals surface area contributed by atoms with E-state index in [1.165, 1.54) is 30.4 Å². The molecule has 0 saturated heterocycles. The average molecular weight is 275 g/mol. The molecule has 0 fully saturated rings. The van der Waals surface area contributed by atoms with Crippen LogP contribution in [0.3, 0.4) is 0 Å². The summed E-state index contributed by atoms with van der Waals surface area (Å²) < 4.78 is 5.78. The summed E-state index contributed by atoms with van der Waals surface area (Å²) in [7, 11) is 0. The molecule has 0 radical (unpaired) electrons. The number of thiazole rings is 1. The molecule has 19 heavy (non-hydrogen) atoms. The lowest BCUT2D eigenvalue weighted by Gasteiger charge is -2.07. The highest BCUT2D eigenvalue weighted by atomic mass is 32.1. The first-order valence-corrected chi connectivity index (χ1v) is 7.52. The number of aliphatic hydroxyl groups excluding tert-OH is 1. The molecule has 3 nitrogen and oxygen atoms in total. The molecule has 1 N–H and O–H groups in total. The van der Waals surface area contributed by atoms with E-state index >= 15 is 0 Å². The quantitative estimate of drug-likeness (QED) is 0.912. The van der Waals surface area contributed by atoms with Gasteiger partial charge in [-0.1, -0.05) is 6.07 Å². The van der Waals surface area contributed by atoms with Gasteiger partial charge in [0.25, 0.3) is 0 Å². The number of ether oxygens (including phenoxy) is 1. The van der Waals surface area contributed by atoms with Gasteiger partial charge in [0.2, 0.25) is 0 Å². The summed E-state index contributed by atoms with van der Waals surface area (Å²) in [5, 5.41) is 11.9. The number of hydrogen-bond donors (Lipinski definition) is 1. The first-order chi connectivity index (χ1) is 9.35. The van der Waals surface area contributed by atoms with Gasteiger partial charge in [0, 0.05) is 11.8 Å². The van der Waals surface area contributed by atoms with Gasteiger partial charge in [0.05, 0.1) is 23.9 Å². The Morgan fingerprint density at radius 1 is 1.26 bits per heavy atom. The number of fused-ring (bicyclic) bond motifs is 1. The second-order valence-electron chi connectivity index (χ2n) is 4.77. The Labute approximate surface area is 116 Å². The number of benzene rings is 1. The third kappa shape index (κ3) is 2.96. The predicted octanol–water partition coefficient (Wildman–Crippen LogP) is 2.75. The standard InChI is InChI=1S/C15H17NO2S/c17-9-13-10-19-15(16-13)6-7-18-14-5-4-11-2-1-3-12(11)8-14/h4-5,8,10,17H,1-3,6-7,9H2. The van der Waals surface area contributed by atoms with E-state index in [1.807, 2.05) is 5.38 Å². The molecule has 1 aromatic heterocycles. The van der Waals surface area contributed by atoms with Gasteiger partial charge in [0.1, 0.15) is 5.75 Å².